The van der Waals surface area contributed by atoms with Gasteiger partial charge in [0.05, 0.1) is 18.0 Å². The predicted octanol–water partition coefficient (Wildman–Crippen LogP) is 1.96. The molecule has 2 aromatic rings. The fraction of sp³-hybridized carbons (Fsp3) is 0.421. The first-order valence-corrected chi connectivity index (χ1v) is 10.9. The van der Waals surface area contributed by atoms with Gasteiger partial charge in [0.1, 0.15) is 17.5 Å². The number of amides is 1. The molecule has 1 atom stereocenters. The Morgan fingerprint density at radius 3 is 2.59 bits per heavy atom. The summed E-state index contributed by atoms with van der Waals surface area (Å²) in [5.74, 6) is 0.306. The number of rotatable bonds is 7. The van der Waals surface area contributed by atoms with Crippen LogP contribution in [0.1, 0.15) is 30.8 Å². The van der Waals surface area contributed by atoms with Crippen LogP contribution < -0.4 is 10.2 Å². The Morgan fingerprint density at radius 1 is 1.28 bits per heavy atom. The van der Waals surface area contributed by atoms with Crippen LogP contribution in [0.15, 0.2) is 30.3 Å². The van der Waals surface area contributed by atoms with Gasteiger partial charge < -0.3 is 10.2 Å². The number of carbonyl (C=O) groups excluding carboxylic acids is 1. The third kappa shape index (κ3) is 4.70. The number of nitrogens with one attached hydrogen (secondary N) is 1. The molecule has 10 heteroatoms. The van der Waals surface area contributed by atoms with Crippen LogP contribution in [0, 0.1) is 5.82 Å². The first-order valence-electron chi connectivity index (χ1n) is 9.29. The fourth-order valence-corrected chi connectivity index (χ4v) is 3.97. The van der Waals surface area contributed by atoms with Gasteiger partial charge >= 0.3 is 0 Å². The first-order chi connectivity index (χ1) is 13.7. The molecule has 0 aliphatic carbocycles. The summed E-state index contributed by atoms with van der Waals surface area (Å²) in [5, 5.41) is 2.96. The lowest BCUT2D eigenvalue weighted by Crippen LogP contribution is -2.29. The molecule has 1 fully saturated rings. The number of halogens is 1. The van der Waals surface area contributed by atoms with Gasteiger partial charge in [0.15, 0.2) is 0 Å². The molecular weight excluding hydrogens is 397 g/mol. The SMILES string of the molecule is CCS(=O)(=O)N(C)Cc1nc(NC)cc(C2CC(=O)N(c3ccc(F)cc3)C2)n1. The quantitative estimate of drug-likeness (QED) is 0.734. The molecule has 1 aromatic heterocycles. The van der Waals surface area contributed by atoms with Crippen LogP contribution >= 0.6 is 0 Å². The van der Waals surface area contributed by atoms with Gasteiger partial charge in [0, 0.05) is 44.7 Å². The van der Waals surface area contributed by atoms with E-state index in [9.17, 15) is 17.6 Å². The summed E-state index contributed by atoms with van der Waals surface area (Å²) < 4.78 is 38.5. The van der Waals surface area contributed by atoms with E-state index in [1.807, 2.05) is 0 Å². The summed E-state index contributed by atoms with van der Waals surface area (Å²) in [7, 11) is -0.160. The number of benzene rings is 1. The van der Waals surface area contributed by atoms with Crippen LogP contribution in [0.4, 0.5) is 15.9 Å². The van der Waals surface area contributed by atoms with Crippen molar-refractivity contribution < 1.29 is 17.6 Å². The molecule has 0 radical (unpaired) electrons. The molecule has 1 aliphatic heterocycles. The van der Waals surface area contributed by atoms with Gasteiger partial charge in [-0.1, -0.05) is 0 Å². The van der Waals surface area contributed by atoms with Crippen molar-refractivity contribution in [3.05, 3.63) is 47.7 Å². The second-order valence-electron chi connectivity index (χ2n) is 6.88. The lowest BCUT2D eigenvalue weighted by molar-refractivity contribution is -0.117. The lowest BCUT2D eigenvalue weighted by atomic mass is 10.0. The number of anilines is 2. The Bertz CT molecular complexity index is 997. The van der Waals surface area contributed by atoms with Gasteiger partial charge in [-0.25, -0.2) is 22.8 Å². The maximum Gasteiger partial charge on any atom is 0.227 e. The van der Waals surface area contributed by atoms with Crippen LogP contribution in [-0.4, -0.2) is 55.0 Å². The predicted molar refractivity (Wildman–Crippen MR) is 109 cm³/mol. The maximum absolute atomic E-state index is 13.2. The lowest BCUT2D eigenvalue weighted by Gasteiger charge is -2.18. The van der Waals surface area contributed by atoms with Gasteiger partial charge in [-0.3, -0.25) is 4.79 Å². The Hall–Kier alpha value is -2.59. The molecule has 0 spiro atoms. The number of sulfonamides is 1. The standard InChI is InChI=1S/C19H24FN5O3S/c1-4-29(27,28)24(3)12-18-22-16(10-17(21-2)23-18)13-9-19(26)25(11-13)15-7-5-14(20)6-8-15/h5-8,10,13H,4,9,11-12H2,1-3H3,(H,21,22,23). The van der Waals surface area contributed by atoms with Crippen molar-refractivity contribution in [1.29, 1.82) is 0 Å². The van der Waals surface area contributed by atoms with E-state index < -0.39 is 10.0 Å². The third-order valence-corrected chi connectivity index (χ3v) is 6.74. The molecule has 1 aromatic carbocycles. The van der Waals surface area contributed by atoms with E-state index in [4.69, 9.17) is 0 Å². The molecule has 8 nitrogen and oxygen atoms in total. The number of hydrogen-bond donors (Lipinski definition) is 1. The second kappa shape index (κ2) is 8.42. The molecule has 1 unspecified atom stereocenters. The minimum absolute atomic E-state index is 0.00810. The Morgan fingerprint density at radius 2 is 1.97 bits per heavy atom. The van der Waals surface area contributed by atoms with E-state index in [0.717, 1.165) is 0 Å². The Kier molecular flexibility index (Phi) is 6.13. The molecule has 29 heavy (non-hydrogen) atoms. The van der Waals surface area contributed by atoms with Gasteiger partial charge in [-0.15, -0.1) is 0 Å². The van der Waals surface area contributed by atoms with Crippen LogP contribution in [-0.2, 0) is 21.4 Å². The summed E-state index contributed by atoms with van der Waals surface area (Å²) in [4.78, 5) is 23.0. The second-order valence-corrected chi connectivity index (χ2v) is 9.25. The zero-order valence-corrected chi connectivity index (χ0v) is 17.4. The summed E-state index contributed by atoms with van der Waals surface area (Å²) in [6.45, 7) is 2.03. The molecule has 1 saturated heterocycles. The van der Waals surface area contributed by atoms with Crippen molar-refractivity contribution in [2.24, 2.45) is 0 Å². The van der Waals surface area contributed by atoms with E-state index in [0.29, 0.717) is 29.6 Å². The van der Waals surface area contributed by atoms with E-state index in [-0.39, 0.29) is 36.4 Å². The molecule has 0 saturated carbocycles. The van der Waals surface area contributed by atoms with Crippen molar-refractivity contribution in [3.63, 3.8) is 0 Å². The topological polar surface area (TPSA) is 95.5 Å². The zero-order valence-electron chi connectivity index (χ0n) is 16.6. The largest absolute Gasteiger partial charge is 0.373 e. The van der Waals surface area contributed by atoms with Crippen molar-refractivity contribution in [2.45, 2.75) is 25.8 Å². The average Bonchev–Trinajstić information content (AvgIpc) is 3.10. The van der Waals surface area contributed by atoms with Crippen LogP contribution in [0.3, 0.4) is 0 Å². The third-order valence-electron chi connectivity index (χ3n) is 4.93. The summed E-state index contributed by atoms with van der Waals surface area (Å²) in [6.07, 6.45) is 0.264. The van der Waals surface area contributed by atoms with Crippen molar-refractivity contribution in [2.75, 3.05) is 36.6 Å². The van der Waals surface area contributed by atoms with Gasteiger partial charge in [-0.05, 0) is 31.2 Å². The number of hydrogen-bond acceptors (Lipinski definition) is 6. The number of nitrogens with zero attached hydrogens (tertiary/aromatic N) is 4. The van der Waals surface area contributed by atoms with E-state index in [1.54, 1.807) is 37.1 Å². The minimum atomic E-state index is -3.37. The first kappa shape index (κ1) is 21.1. The monoisotopic (exact) mass is 421 g/mol. The highest BCUT2D eigenvalue weighted by molar-refractivity contribution is 7.89. The molecule has 2 heterocycles. The highest BCUT2D eigenvalue weighted by Crippen LogP contribution is 2.31. The Balaban J connectivity index is 1.85. The number of aromatic nitrogens is 2. The maximum atomic E-state index is 13.2. The molecule has 156 valence electrons. The molecule has 1 N–H and O–H groups in total. The summed E-state index contributed by atoms with van der Waals surface area (Å²) in [5.41, 5.74) is 1.30. The van der Waals surface area contributed by atoms with Crippen LogP contribution in [0.2, 0.25) is 0 Å². The van der Waals surface area contributed by atoms with Crippen LogP contribution in [0.25, 0.3) is 0 Å². The zero-order chi connectivity index (χ0) is 21.2. The van der Waals surface area contributed by atoms with Crippen molar-refractivity contribution in [1.82, 2.24) is 14.3 Å². The van der Waals surface area contributed by atoms with Crippen LogP contribution in [0.5, 0.6) is 0 Å². The van der Waals surface area contributed by atoms with Gasteiger partial charge in [-0.2, -0.15) is 4.31 Å². The van der Waals surface area contributed by atoms with Crippen molar-refractivity contribution in [3.8, 4) is 0 Å². The van der Waals surface area contributed by atoms with E-state index in [1.165, 1.54) is 23.5 Å². The van der Waals surface area contributed by atoms with Gasteiger partial charge in [0.25, 0.3) is 0 Å². The normalized spacial score (nSPS) is 17.2. The Labute approximate surface area is 169 Å². The molecular formula is C19H24FN5O3S. The summed E-state index contributed by atoms with van der Waals surface area (Å²) in [6, 6.07) is 7.56. The van der Waals surface area contributed by atoms with Crippen molar-refractivity contribution >= 4 is 27.4 Å². The smallest absolute Gasteiger partial charge is 0.227 e. The average molecular weight is 421 g/mol. The fourth-order valence-electron chi connectivity index (χ4n) is 3.22. The minimum Gasteiger partial charge on any atom is -0.373 e. The molecule has 0 bridgehead atoms. The molecule has 3 rings (SSSR count). The van der Waals surface area contributed by atoms with E-state index in [2.05, 4.69) is 15.3 Å². The molecule has 1 amide bonds. The van der Waals surface area contributed by atoms with Gasteiger partial charge in [0.2, 0.25) is 15.9 Å². The highest BCUT2D eigenvalue weighted by Gasteiger charge is 2.33. The highest BCUT2D eigenvalue weighted by atomic mass is 32.2. The molecule has 1 aliphatic rings. The number of carbonyl (C=O) groups is 1. The summed E-state index contributed by atoms with van der Waals surface area (Å²) >= 11 is 0. The van der Waals surface area contributed by atoms with E-state index >= 15 is 0 Å².